The zero-order valence-electron chi connectivity index (χ0n) is 34.0. The maximum atomic E-state index is 13.7. The smallest absolute Gasteiger partial charge is 0.272 e. The van der Waals surface area contributed by atoms with E-state index in [0.717, 1.165) is 11.3 Å². The quantitative estimate of drug-likeness (QED) is 0.0993. The number of rotatable bonds is 16. The highest BCUT2D eigenvalue weighted by Crippen LogP contribution is 2.41. The van der Waals surface area contributed by atoms with Crippen LogP contribution in [0.3, 0.4) is 0 Å². The maximum Gasteiger partial charge on any atom is 0.272 e. The molecule has 1 atom stereocenters. The fraction of sp³-hybridized carbons (Fsp3) is 0.302. The van der Waals surface area contributed by atoms with Crippen LogP contribution in [0.25, 0.3) is 0 Å². The van der Waals surface area contributed by atoms with E-state index in [1.165, 1.54) is 7.11 Å². The predicted octanol–water partition coefficient (Wildman–Crippen LogP) is 5.07. The maximum absolute atomic E-state index is 13.7. The lowest BCUT2D eigenvalue weighted by atomic mass is 10.1. The number of carbonyl (C=O) groups excluding carboxylic acids is 5. The Morgan fingerprint density at radius 1 is 0.750 bits per heavy atom. The van der Waals surface area contributed by atoms with Crippen LogP contribution in [0, 0.1) is 0 Å². The number of anilines is 4. The zero-order valence-corrected chi connectivity index (χ0v) is 34.0. The molecule has 7 rings (SSSR count). The van der Waals surface area contributed by atoms with Crippen molar-refractivity contribution in [2.45, 2.75) is 31.7 Å². The van der Waals surface area contributed by atoms with Gasteiger partial charge < -0.3 is 49.2 Å². The van der Waals surface area contributed by atoms with Crippen molar-refractivity contribution in [3.8, 4) is 11.5 Å². The summed E-state index contributed by atoms with van der Waals surface area (Å²) in [5.41, 5.74) is 5.08. The van der Waals surface area contributed by atoms with Crippen LogP contribution in [0.1, 0.15) is 66.6 Å². The number of nitrogens with one attached hydrogen (secondary N) is 4. The van der Waals surface area contributed by atoms with Crippen molar-refractivity contribution in [3.63, 3.8) is 0 Å². The summed E-state index contributed by atoms with van der Waals surface area (Å²) < 4.78 is 21.4. The molecule has 5 aromatic rings. The summed E-state index contributed by atoms with van der Waals surface area (Å²) in [4.78, 5) is 72.1. The molecule has 60 heavy (non-hydrogen) atoms. The lowest BCUT2D eigenvalue weighted by molar-refractivity contribution is -0.116. The third kappa shape index (κ3) is 8.80. The summed E-state index contributed by atoms with van der Waals surface area (Å²) in [7, 11) is 8.18. The third-order valence-corrected chi connectivity index (χ3v) is 10.3. The van der Waals surface area contributed by atoms with Gasteiger partial charge in [-0.1, -0.05) is 18.2 Å². The van der Waals surface area contributed by atoms with Crippen LogP contribution < -0.4 is 35.6 Å². The average molecular weight is 818 g/mol. The second-order valence-electron chi connectivity index (χ2n) is 14.6. The van der Waals surface area contributed by atoms with Gasteiger partial charge in [0.25, 0.3) is 23.6 Å². The van der Waals surface area contributed by atoms with Crippen LogP contribution in [0.4, 0.5) is 28.4 Å². The number of ether oxygens (including phenoxy) is 3. The molecule has 5 heterocycles. The molecular formula is C43H47N9O8. The minimum Gasteiger partial charge on any atom is -0.493 e. The number of carbonyl (C=O) groups is 5. The van der Waals surface area contributed by atoms with Gasteiger partial charge in [0.2, 0.25) is 5.91 Å². The number of fused-ring (bicyclic) bond motifs is 4. The second-order valence-corrected chi connectivity index (χ2v) is 14.6. The lowest BCUT2D eigenvalue weighted by Crippen LogP contribution is -2.37. The van der Waals surface area contributed by atoms with E-state index in [-0.39, 0.29) is 48.2 Å². The van der Waals surface area contributed by atoms with Crippen LogP contribution in [0.15, 0.2) is 78.2 Å². The molecule has 4 N–H and O–H groups in total. The molecule has 0 saturated heterocycles. The average Bonchev–Trinajstić information content (AvgIpc) is 3.98. The fourth-order valence-corrected chi connectivity index (χ4v) is 7.30. The summed E-state index contributed by atoms with van der Waals surface area (Å²) in [5, 5.41) is 11.3. The van der Waals surface area contributed by atoms with Gasteiger partial charge in [-0.3, -0.25) is 33.9 Å². The first kappa shape index (κ1) is 41.0. The molecule has 17 nitrogen and oxygen atoms in total. The molecular weight excluding hydrogens is 771 g/mol. The summed E-state index contributed by atoms with van der Waals surface area (Å²) >= 11 is 0. The second kappa shape index (κ2) is 17.8. The number of aromatic nitrogens is 3. The van der Waals surface area contributed by atoms with Gasteiger partial charge in [-0.05, 0) is 48.7 Å². The molecule has 0 aliphatic carbocycles. The van der Waals surface area contributed by atoms with Crippen molar-refractivity contribution >= 4 is 64.2 Å². The highest BCUT2D eigenvalue weighted by atomic mass is 16.5. The number of aliphatic imine (C=N–C) groups is 1. The van der Waals surface area contributed by atoms with Crippen LogP contribution in [-0.2, 0) is 37.1 Å². The first-order valence-corrected chi connectivity index (χ1v) is 19.4. The van der Waals surface area contributed by atoms with Crippen molar-refractivity contribution in [3.05, 3.63) is 101 Å². The van der Waals surface area contributed by atoms with Gasteiger partial charge >= 0.3 is 0 Å². The van der Waals surface area contributed by atoms with Crippen LogP contribution in [0.2, 0.25) is 0 Å². The molecule has 312 valence electrons. The zero-order chi connectivity index (χ0) is 42.5. The normalized spacial score (nSPS) is 13.8. The summed E-state index contributed by atoms with van der Waals surface area (Å²) in [6, 6.07) is 15.7. The molecule has 0 fully saturated rings. The van der Waals surface area contributed by atoms with Crippen LogP contribution in [-0.4, -0.2) is 89.5 Å². The number of methoxy groups -OCH3 is 2. The van der Waals surface area contributed by atoms with Gasteiger partial charge in [-0.15, -0.1) is 0 Å². The molecule has 0 unspecified atom stereocenters. The number of hydrogen-bond acceptors (Lipinski definition) is 9. The Balaban J connectivity index is 0.895. The van der Waals surface area contributed by atoms with E-state index in [1.54, 1.807) is 102 Å². The summed E-state index contributed by atoms with van der Waals surface area (Å²) in [5.74, 6) is -0.778. The predicted molar refractivity (Wildman–Crippen MR) is 226 cm³/mol. The van der Waals surface area contributed by atoms with Crippen LogP contribution >= 0.6 is 0 Å². The molecule has 5 amide bonds. The SMILES string of the molecule is COCCCNC(=O)c1cc(NC(=O)c2cc(NC(=O)c3cc(NC(=O)CCCOc4cc5c(cc4OC)C(=O)N4c6ccccc6C[C@H]4C=N5)cn3C)cn2C)cn1C. The lowest BCUT2D eigenvalue weighted by Gasteiger charge is -2.22. The Kier molecular flexibility index (Phi) is 12.2. The monoisotopic (exact) mass is 817 g/mol. The van der Waals surface area contributed by atoms with Gasteiger partial charge in [-0.25, -0.2) is 0 Å². The van der Waals surface area contributed by atoms with E-state index < -0.39 is 11.8 Å². The molecule has 3 aromatic heterocycles. The summed E-state index contributed by atoms with van der Waals surface area (Å²) in [6.07, 6.45) is 8.56. The highest BCUT2D eigenvalue weighted by molar-refractivity contribution is 6.15. The largest absolute Gasteiger partial charge is 0.493 e. The molecule has 0 radical (unpaired) electrons. The topological polar surface area (TPSA) is 192 Å². The Bertz CT molecular complexity index is 2500. The van der Waals surface area contributed by atoms with Gasteiger partial charge in [0, 0.05) is 90.8 Å². The first-order valence-electron chi connectivity index (χ1n) is 19.4. The van der Waals surface area contributed by atoms with E-state index in [2.05, 4.69) is 26.3 Å². The molecule has 17 heteroatoms. The van der Waals surface area contributed by atoms with E-state index in [9.17, 15) is 24.0 Å². The van der Waals surface area contributed by atoms with Crippen molar-refractivity contribution in [2.24, 2.45) is 26.1 Å². The number of benzene rings is 2. The molecule has 0 spiro atoms. The molecule has 2 aliphatic heterocycles. The van der Waals surface area contributed by atoms with E-state index in [1.807, 2.05) is 24.3 Å². The number of nitrogens with zero attached hydrogens (tertiary/aromatic N) is 5. The Morgan fingerprint density at radius 3 is 2.00 bits per heavy atom. The van der Waals surface area contributed by atoms with Gasteiger partial charge in [-0.2, -0.15) is 0 Å². The van der Waals surface area contributed by atoms with Crippen molar-refractivity contribution < 1.29 is 38.2 Å². The molecule has 0 saturated carbocycles. The Morgan fingerprint density at radius 2 is 1.37 bits per heavy atom. The van der Waals surface area contributed by atoms with Gasteiger partial charge in [0.15, 0.2) is 11.5 Å². The Labute approximate surface area is 346 Å². The van der Waals surface area contributed by atoms with Crippen molar-refractivity contribution in [1.82, 2.24) is 19.0 Å². The van der Waals surface area contributed by atoms with E-state index in [0.29, 0.717) is 77.9 Å². The minimum atomic E-state index is -0.445. The highest BCUT2D eigenvalue weighted by Gasteiger charge is 2.36. The van der Waals surface area contributed by atoms with Gasteiger partial charge in [0.1, 0.15) is 17.1 Å². The van der Waals surface area contributed by atoms with Crippen LogP contribution in [0.5, 0.6) is 11.5 Å². The van der Waals surface area contributed by atoms with E-state index >= 15 is 0 Å². The Hall–Kier alpha value is -7.14. The third-order valence-electron chi connectivity index (χ3n) is 10.3. The summed E-state index contributed by atoms with van der Waals surface area (Å²) in [6.45, 7) is 1.19. The minimum absolute atomic E-state index is 0.137. The molecule has 2 aromatic carbocycles. The fourth-order valence-electron chi connectivity index (χ4n) is 7.30. The number of para-hydroxylation sites is 1. The van der Waals surface area contributed by atoms with Crippen molar-refractivity contribution in [2.75, 3.05) is 54.8 Å². The molecule has 2 aliphatic rings. The number of amides is 5. The van der Waals surface area contributed by atoms with E-state index in [4.69, 9.17) is 14.2 Å². The van der Waals surface area contributed by atoms with Crippen molar-refractivity contribution in [1.29, 1.82) is 0 Å². The number of aryl methyl sites for hydroxylation is 3. The standard InChI is InChI=1S/C43H47N9O8/c1-49-24-28(18-34(49)40(54)44-13-9-14-58-4)47-42(56)36-19-29(25-51(36)3)48-41(55)35-17-27(23-50(35)2)46-39(53)12-8-15-60-38-21-32-31(20-37(38)59-5)43(57)52-30(22-45-32)16-26-10-6-7-11-33(26)52/h6-7,10-11,17-25,30H,8-9,12-16H2,1-5H3,(H,44,54)(H,46,53)(H,47,56)(H,48,55)/t30-/m0/s1. The first-order chi connectivity index (χ1) is 28.9. The molecule has 0 bridgehead atoms. The number of hydrogen-bond donors (Lipinski definition) is 4. The van der Waals surface area contributed by atoms with Gasteiger partial charge in [0.05, 0.1) is 48.1 Å².